The lowest BCUT2D eigenvalue weighted by Crippen LogP contribution is -2.35. The van der Waals surface area contributed by atoms with Gasteiger partial charge in [0.05, 0.1) is 11.5 Å². The first-order chi connectivity index (χ1) is 8.95. The molecular formula is C12H17FN2O3S. The lowest BCUT2D eigenvalue weighted by atomic mass is 10.3. The number of nitrogens with two attached hydrogens (primary N) is 1. The standard InChI is InChI=1S/C12H17FN2O3S/c1-18-5-4-15(11-2-3-11)19(16,17)12-7-9(13)6-10(14)8-12/h6-8,11H,2-5,14H2,1H3. The molecule has 0 amide bonds. The number of nitrogens with zero attached hydrogens (tertiary/aromatic N) is 1. The van der Waals surface area contributed by atoms with Crippen LogP contribution in [0.15, 0.2) is 23.1 Å². The van der Waals surface area contributed by atoms with E-state index in [0.29, 0.717) is 6.61 Å². The fraction of sp³-hybridized carbons (Fsp3) is 0.500. The molecule has 0 spiro atoms. The van der Waals surface area contributed by atoms with Crippen LogP contribution < -0.4 is 5.73 Å². The Morgan fingerprint density at radius 2 is 2.11 bits per heavy atom. The summed E-state index contributed by atoms with van der Waals surface area (Å²) in [6.45, 7) is 0.570. The van der Waals surface area contributed by atoms with Gasteiger partial charge in [-0.3, -0.25) is 0 Å². The summed E-state index contributed by atoms with van der Waals surface area (Å²) in [5, 5.41) is 0. The van der Waals surface area contributed by atoms with Gasteiger partial charge < -0.3 is 10.5 Å². The molecule has 7 heteroatoms. The van der Waals surface area contributed by atoms with Crippen LogP contribution in [0.4, 0.5) is 10.1 Å². The molecule has 0 bridgehead atoms. The smallest absolute Gasteiger partial charge is 0.243 e. The summed E-state index contributed by atoms with van der Waals surface area (Å²) in [5.41, 5.74) is 5.60. The Kier molecular flexibility index (Phi) is 4.07. The quantitative estimate of drug-likeness (QED) is 0.799. The summed E-state index contributed by atoms with van der Waals surface area (Å²) in [6, 6.07) is 3.36. The van der Waals surface area contributed by atoms with E-state index in [9.17, 15) is 12.8 Å². The molecule has 5 nitrogen and oxygen atoms in total. The number of methoxy groups -OCH3 is 1. The molecule has 1 aromatic rings. The van der Waals surface area contributed by atoms with E-state index in [1.165, 1.54) is 17.5 Å². The highest BCUT2D eigenvalue weighted by Crippen LogP contribution is 2.32. The van der Waals surface area contributed by atoms with Gasteiger partial charge in [-0.25, -0.2) is 12.8 Å². The molecule has 2 rings (SSSR count). The van der Waals surface area contributed by atoms with Crippen LogP contribution in [-0.4, -0.2) is 39.0 Å². The number of nitrogen functional groups attached to an aromatic ring is 1. The molecule has 0 aliphatic heterocycles. The second kappa shape index (κ2) is 5.44. The molecule has 0 radical (unpaired) electrons. The molecule has 1 fully saturated rings. The maximum atomic E-state index is 13.3. The molecule has 0 heterocycles. The van der Waals surface area contributed by atoms with Crippen molar-refractivity contribution < 1.29 is 17.5 Å². The molecule has 1 aliphatic carbocycles. The van der Waals surface area contributed by atoms with Crippen LogP contribution in [0.2, 0.25) is 0 Å². The van der Waals surface area contributed by atoms with Gasteiger partial charge in [0.15, 0.2) is 0 Å². The van der Waals surface area contributed by atoms with E-state index in [1.54, 1.807) is 0 Å². The number of anilines is 1. The second-order valence-corrected chi connectivity index (χ2v) is 6.45. The normalized spacial score (nSPS) is 15.9. The molecule has 1 saturated carbocycles. The highest BCUT2D eigenvalue weighted by atomic mass is 32.2. The third kappa shape index (κ3) is 3.23. The van der Waals surface area contributed by atoms with Crippen LogP contribution in [0, 0.1) is 5.82 Å². The summed E-state index contributed by atoms with van der Waals surface area (Å²) in [5.74, 6) is -0.652. The third-order valence-electron chi connectivity index (χ3n) is 2.97. The molecule has 19 heavy (non-hydrogen) atoms. The van der Waals surface area contributed by atoms with Gasteiger partial charge in [-0.05, 0) is 31.0 Å². The first kappa shape index (κ1) is 14.2. The predicted octanol–water partition coefficient (Wildman–Crippen LogP) is 1.21. The Labute approximate surface area is 112 Å². The molecule has 0 saturated heterocycles. The van der Waals surface area contributed by atoms with E-state index in [0.717, 1.165) is 25.0 Å². The molecule has 0 unspecified atom stereocenters. The molecule has 0 atom stereocenters. The minimum atomic E-state index is -3.72. The van der Waals surface area contributed by atoms with Gasteiger partial charge in [-0.1, -0.05) is 0 Å². The molecular weight excluding hydrogens is 271 g/mol. The van der Waals surface area contributed by atoms with E-state index in [-0.39, 0.29) is 23.2 Å². The first-order valence-electron chi connectivity index (χ1n) is 6.02. The highest BCUT2D eigenvalue weighted by molar-refractivity contribution is 7.89. The van der Waals surface area contributed by atoms with Crippen LogP contribution in [0.3, 0.4) is 0 Å². The zero-order valence-electron chi connectivity index (χ0n) is 10.7. The zero-order chi connectivity index (χ0) is 14.0. The Bertz CT molecular complexity index is 538. The van der Waals surface area contributed by atoms with Crippen LogP contribution in [0.1, 0.15) is 12.8 Å². The van der Waals surface area contributed by atoms with Crippen LogP contribution >= 0.6 is 0 Å². The lowest BCUT2D eigenvalue weighted by molar-refractivity contribution is 0.177. The molecule has 106 valence electrons. The maximum Gasteiger partial charge on any atom is 0.243 e. The minimum Gasteiger partial charge on any atom is -0.399 e. The van der Waals surface area contributed by atoms with E-state index >= 15 is 0 Å². The molecule has 0 aromatic heterocycles. The second-order valence-electron chi connectivity index (χ2n) is 4.56. The van der Waals surface area contributed by atoms with Gasteiger partial charge in [0.2, 0.25) is 10.0 Å². The average molecular weight is 288 g/mol. The van der Waals surface area contributed by atoms with Crippen molar-refractivity contribution in [3.8, 4) is 0 Å². The Morgan fingerprint density at radius 1 is 1.42 bits per heavy atom. The first-order valence-corrected chi connectivity index (χ1v) is 7.46. The SMILES string of the molecule is COCCN(C1CC1)S(=O)(=O)c1cc(N)cc(F)c1. The van der Waals surface area contributed by atoms with Crippen molar-refractivity contribution in [2.75, 3.05) is 26.0 Å². The predicted molar refractivity (Wildman–Crippen MR) is 69.6 cm³/mol. The van der Waals surface area contributed by atoms with Crippen LogP contribution in [0.5, 0.6) is 0 Å². The van der Waals surface area contributed by atoms with E-state index in [1.807, 2.05) is 0 Å². The van der Waals surface area contributed by atoms with Crippen molar-refractivity contribution in [2.45, 2.75) is 23.8 Å². The van der Waals surface area contributed by atoms with Crippen molar-refractivity contribution in [2.24, 2.45) is 0 Å². The van der Waals surface area contributed by atoms with Crippen molar-refractivity contribution in [3.63, 3.8) is 0 Å². The van der Waals surface area contributed by atoms with Gasteiger partial charge in [0.1, 0.15) is 5.82 Å². The Balaban J connectivity index is 2.32. The number of sulfonamides is 1. The van der Waals surface area contributed by atoms with Gasteiger partial charge in [0.25, 0.3) is 0 Å². The number of benzene rings is 1. The van der Waals surface area contributed by atoms with Crippen molar-refractivity contribution in [1.82, 2.24) is 4.31 Å². The number of rotatable bonds is 6. The highest BCUT2D eigenvalue weighted by Gasteiger charge is 2.37. The summed E-state index contributed by atoms with van der Waals surface area (Å²) < 4.78 is 44.5. The van der Waals surface area contributed by atoms with E-state index in [4.69, 9.17) is 10.5 Å². The summed E-state index contributed by atoms with van der Waals surface area (Å²) in [7, 11) is -2.21. The van der Waals surface area contributed by atoms with Crippen LogP contribution in [0.25, 0.3) is 0 Å². The largest absolute Gasteiger partial charge is 0.399 e. The third-order valence-corrected chi connectivity index (χ3v) is 4.90. The molecule has 1 aliphatic rings. The van der Waals surface area contributed by atoms with Gasteiger partial charge in [0, 0.05) is 25.4 Å². The average Bonchev–Trinajstić information content (AvgIpc) is 3.12. The number of hydrogen-bond donors (Lipinski definition) is 1. The number of ether oxygens (including phenoxy) is 1. The molecule has 1 aromatic carbocycles. The van der Waals surface area contributed by atoms with Crippen molar-refractivity contribution in [3.05, 3.63) is 24.0 Å². The summed E-state index contributed by atoms with van der Waals surface area (Å²) in [4.78, 5) is -0.104. The van der Waals surface area contributed by atoms with Gasteiger partial charge >= 0.3 is 0 Å². The maximum absolute atomic E-state index is 13.3. The monoisotopic (exact) mass is 288 g/mol. The van der Waals surface area contributed by atoms with Crippen LogP contribution in [-0.2, 0) is 14.8 Å². The topological polar surface area (TPSA) is 72.6 Å². The van der Waals surface area contributed by atoms with Gasteiger partial charge in [-0.2, -0.15) is 4.31 Å². The van der Waals surface area contributed by atoms with E-state index in [2.05, 4.69) is 0 Å². The Hall–Kier alpha value is -1.18. The number of hydrogen-bond acceptors (Lipinski definition) is 4. The fourth-order valence-corrected chi connectivity index (χ4v) is 3.65. The number of halogens is 1. The van der Waals surface area contributed by atoms with Crippen molar-refractivity contribution in [1.29, 1.82) is 0 Å². The van der Waals surface area contributed by atoms with Crippen molar-refractivity contribution >= 4 is 15.7 Å². The fourth-order valence-electron chi connectivity index (χ4n) is 1.91. The Morgan fingerprint density at radius 3 is 2.63 bits per heavy atom. The molecule has 2 N–H and O–H groups in total. The summed E-state index contributed by atoms with van der Waals surface area (Å²) >= 11 is 0. The van der Waals surface area contributed by atoms with Gasteiger partial charge in [-0.15, -0.1) is 0 Å². The minimum absolute atomic E-state index is 0.00959. The summed E-state index contributed by atoms with van der Waals surface area (Å²) in [6.07, 6.45) is 1.65. The van der Waals surface area contributed by atoms with E-state index < -0.39 is 15.8 Å². The zero-order valence-corrected chi connectivity index (χ0v) is 11.5. The lowest BCUT2D eigenvalue weighted by Gasteiger charge is -2.21.